The molecule has 2 aromatic carbocycles. The third-order valence-corrected chi connectivity index (χ3v) is 7.86. The largest absolute Gasteiger partial charge is 0.448 e. The van der Waals surface area contributed by atoms with Gasteiger partial charge in [0.25, 0.3) is 0 Å². The Bertz CT molecular complexity index is 1230. The minimum Gasteiger partial charge on any atom is -0.448 e. The number of amides is 2. The van der Waals surface area contributed by atoms with Gasteiger partial charge in [-0.25, -0.2) is 4.79 Å². The Morgan fingerprint density at radius 2 is 1.80 bits per heavy atom. The van der Waals surface area contributed by atoms with Gasteiger partial charge in [0.2, 0.25) is 5.91 Å². The molecule has 0 spiro atoms. The molecule has 13 heteroatoms. The Hall–Kier alpha value is -2.73. The van der Waals surface area contributed by atoms with Gasteiger partial charge >= 0.3 is 12.3 Å². The van der Waals surface area contributed by atoms with Crippen molar-refractivity contribution < 1.29 is 32.2 Å². The first kappa shape index (κ1) is 31.2. The molecule has 0 aromatic heterocycles. The highest BCUT2D eigenvalue weighted by Crippen LogP contribution is 2.34. The number of halogens is 5. The molecule has 0 bridgehead atoms. The predicted molar refractivity (Wildman–Crippen MR) is 151 cm³/mol. The molecular weight excluding hydrogens is 584 g/mol. The van der Waals surface area contributed by atoms with E-state index in [1.165, 1.54) is 17.0 Å². The number of anilines is 1. The van der Waals surface area contributed by atoms with Gasteiger partial charge in [-0.1, -0.05) is 29.3 Å². The van der Waals surface area contributed by atoms with Gasteiger partial charge in [-0.3, -0.25) is 9.69 Å². The van der Waals surface area contributed by atoms with Crippen LogP contribution in [0.4, 0.5) is 23.7 Å². The van der Waals surface area contributed by atoms with Gasteiger partial charge in [0.05, 0.1) is 18.7 Å². The number of benzene rings is 2. The molecule has 0 unspecified atom stereocenters. The molecule has 0 radical (unpaired) electrons. The summed E-state index contributed by atoms with van der Waals surface area (Å²) in [5.41, 5.74) is 1.29. The van der Waals surface area contributed by atoms with Crippen molar-refractivity contribution in [1.82, 2.24) is 15.1 Å². The van der Waals surface area contributed by atoms with Crippen LogP contribution in [0.5, 0.6) is 0 Å². The van der Waals surface area contributed by atoms with Crippen molar-refractivity contribution in [3.05, 3.63) is 63.1 Å². The lowest BCUT2D eigenvalue weighted by Crippen LogP contribution is -2.56. The third kappa shape index (κ3) is 7.97. The molecule has 2 fully saturated rings. The zero-order valence-corrected chi connectivity index (χ0v) is 24.2. The van der Waals surface area contributed by atoms with Crippen molar-refractivity contribution >= 4 is 40.9 Å². The van der Waals surface area contributed by atoms with Crippen LogP contribution in [0.15, 0.2) is 36.4 Å². The summed E-state index contributed by atoms with van der Waals surface area (Å²) in [5.74, 6) is -0.232. The van der Waals surface area contributed by atoms with E-state index < -0.39 is 23.9 Å². The highest BCUT2D eigenvalue weighted by molar-refractivity contribution is 6.35. The van der Waals surface area contributed by atoms with E-state index in [4.69, 9.17) is 32.7 Å². The average molecular weight is 617 g/mol. The summed E-state index contributed by atoms with van der Waals surface area (Å²) in [6.07, 6.45) is -4.40. The summed E-state index contributed by atoms with van der Waals surface area (Å²) < 4.78 is 50.5. The summed E-state index contributed by atoms with van der Waals surface area (Å²) >= 11 is 12.4. The molecule has 8 nitrogen and oxygen atoms in total. The minimum absolute atomic E-state index is 0.196. The fraction of sp³-hybridized carbons (Fsp3) is 0.500. The predicted octanol–water partition coefficient (Wildman–Crippen LogP) is 4.50. The molecule has 4 rings (SSSR count). The molecular formula is C28H33Cl2F3N4O4. The molecule has 1 N–H and O–H groups in total. The highest BCUT2D eigenvalue weighted by atomic mass is 35.5. The minimum atomic E-state index is -4.44. The highest BCUT2D eigenvalue weighted by Gasteiger charge is 2.38. The maximum Gasteiger partial charge on any atom is 0.416 e. The van der Waals surface area contributed by atoms with E-state index in [1.54, 1.807) is 30.2 Å². The first-order valence-corrected chi connectivity index (χ1v) is 14.1. The zero-order valence-electron chi connectivity index (χ0n) is 22.7. The molecule has 2 aromatic rings. The second-order valence-corrected chi connectivity index (χ2v) is 10.8. The van der Waals surface area contributed by atoms with Crippen molar-refractivity contribution in [2.75, 3.05) is 71.0 Å². The molecule has 2 heterocycles. The van der Waals surface area contributed by atoms with E-state index in [0.717, 1.165) is 6.07 Å². The molecule has 41 heavy (non-hydrogen) atoms. The molecule has 224 valence electrons. The van der Waals surface area contributed by atoms with Crippen molar-refractivity contribution in [3.63, 3.8) is 0 Å². The van der Waals surface area contributed by atoms with Gasteiger partial charge in [-0.2, -0.15) is 13.2 Å². The molecule has 1 atom stereocenters. The maximum atomic E-state index is 13.8. The number of nitrogens with one attached hydrogen (secondary N) is 1. The molecule has 0 aliphatic carbocycles. The quantitative estimate of drug-likeness (QED) is 0.375. The van der Waals surface area contributed by atoms with Gasteiger partial charge in [-0.15, -0.1) is 0 Å². The number of piperazine rings is 1. The Labute approximate surface area is 247 Å². The van der Waals surface area contributed by atoms with Crippen LogP contribution in [-0.4, -0.2) is 94.0 Å². The van der Waals surface area contributed by atoms with Crippen molar-refractivity contribution in [3.8, 4) is 0 Å². The molecule has 2 saturated heterocycles. The zero-order chi connectivity index (χ0) is 29.6. The van der Waals surface area contributed by atoms with Gasteiger partial charge < -0.3 is 24.6 Å². The van der Waals surface area contributed by atoms with Crippen molar-refractivity contribution in [2.24, 2.45) is 0 Å². The van der Waals surface area contributed by atoms with E-state index in [0.29, 0.717) is 79.2 Å². The van der Waals surface area contributed by atoms with Crippen LogP contribution in [0.1, 0.15) is 16.7 Å². The van der Waals surface area contributed by atoms with E-state index in [1.807, 2.05) is 4.90 Å². The summed E-state index contributed by atoms with van der Waals surface area (Å²) in [7, 11) is 1.59. The summed E-state index contributed by atoms with van der Waals surface area (Å²) in [4.78, 5) is 31.3. The van der Waals surface area contributed by atoms with Crippen molar-refractivity contribution in [2.45, 2.75) is 25.1 Å². The number of nitrogens with zero attached hydrogens (tertiary/aromatic N) is 3. The number of methoxy groups -OCH3 is 1. The number of rotatable bonds is 11. The summed E-state index contributed by atoms with van der Waals surface area (Å²) in [5, 5.41) is 4.04. The molecule has 2 aliphatic heterocycles. The van der Waals surface area contributed by atoms with E-state index in [9.17, 15) is 22.8 Å². The number of hydrogen-bond acceptors (Lipinski definition) is 6. The maximum absolute atomic E-state index is 13.8. The van der Waals surface area contributed by atoms with E-state index >= 15 is 0 Å². The first-order valence-electron chi connectivity index (χ1n) is 13.4. The summed E-state index contributed by atoms with van der Waals surface area (Å²) in [6.45, 7) is 3.63. The Balaban J connectivity index is 1.47. The van der Waals surface area contributed by atoms with Gasteiger partial charge in [0.1, 0.15) is 12.6 Å². The third-order valence-electron chi connectivity index (χ3n) is 7.27. The Morgan fingerprint density at radius 3 is 2.44 bits per heavy atom. The smallest absolute Gasteiger partial charge is 0.416 e. The van der Waals surface area contributed by atoms with E-state index in [-0.39, 0.29) is 25.5 Å². The lowest BCUT2D eigenvalue weighted by atomic mass is 10.0. The Kier molecular flexibility index (Phi) is 10.6. The first-order chi connectivity index (χ1) is 19.6. The molecule has 0 saturated carbocycles. The number of ether oxygens (including phenoxy) is 2. The van der Waals surface area contributed by atoms with Gasteiger partial charge in [-0.05, 0) is 54.4 Å². The SMILES string of the molecule is COCCNCCc1cc(C(F)(F)F)ccc1N1CCN(C(=O)[C@@H](Cc2ccc(Cl)cc2Cl)N2CCOC2=O)CC1. The second-order valence-electron chi connectivity index (χ2n) is 9.91. The molecule has 2 aliphatic rings. The number of hydrogen-bond donors (Lipinski definition) is 1. The van der Waals surface area contributed by atoms with Crippen molar-refractivity contribution in [1.29, 1.82) is 0 Å². The van der Waals surface area contributed by atoms with Crippen LogP contribution in [0, 0.1) is 0 Å². The lowest BCUT2D eigenvalue weighted by molar-refractivity contribution is -0.138. The normalized spacial score (nSPS) is 16.7. The second kappa shape index (κ2) is 14.0. The number of alkyl halides is 3. The van der Waals surface area contributed by atoms with Crippen LogP contribution in [0.2, 0.25) is 10.0 Å². The lowest BCUT2D eigenvalue weighted by Gasteiger charge is -2.39. The van der Waals surface area contributed by atoms with Crippen LogP contribution in [0.25, 0.3) is 0 Å². The van der Waals surface area contributed by atoms with E-state index in [2.05, 4.69) is 5.32 Å². The van der Waals surface area contributed by atoms with Gasteiger partial charge in [0, 0.05) is 62.0 Å². The van der Waals surface area contributed by atoms with Gasteiger partial charge in [0.15, 0.2) is 0 Å². The van der Waals surface area contributed by atoms with Crippen LogP contribution >= 0.6 is 23.2 Å². The van der Waals surface area contributed by atoms with Crippen LogP contribution in [0.3, 0.4) is 0 Å². The number of carbonyl (C=O) groups excluding carboxylic acids is 2. The Morgan fingerprint density at radius 1 is 1.05 bits per heavy atom. The van der Waals surface area contributed by atoms with Crippen LogP contribution in [-0.2, 0) is 33.3 Å². The number of cyclic esters (lactones) is 1. The average Bonchev–Trinajstić information content (AvgIpc) is 3.37. The topological polar surface area (TPSA) is 74.3 Å². The summed E-state index contributed by atoms with van der Waals surface area (Å²) in [6, 6.07) is 8.01. The fourth-order valence-corrected chi connectivity index (χ4v) is 5.57. The monoisotopic (exact) mass is 616 g/mol. The fourth-order valence-electron chi connectivity index (χ4n) is 5.09. The molecule has 2 amide bonds. The standard InChI is InChI=1S/C28H33Cl2F3N4O4/c1-40-14-8-34-7-6-20-16-21(28(31,32)33)3-5-24(20)35-9-11-36(12-10-35)26(38)25(37-13-15-41-27(37)39)17-19-2-4-22(29)18-23(19)30/h2-5,16,18,25,34H,6-15,17H2,1H3/t25-/m1/s1. The van der Waals surface area contributed by atoms with Crippen LogP contribution < -0.4 is 10.2 Å². The number of carbonyl (C=O) groups is 2.